The smallest absolute Gasteiger partial charge is 0.267 e. The lowest BCUT2D eigenvalue weighted by atomic mass is 10.1. The summed E-state index contributed by atoms with van der Waals surface area (Å²) in [4.78, 5) is 14.9. The molecule has 0 spiro atoms. The Kier molecular flexibility index (Phi) is 2.64. The van der Waals surface area contributed by atoms with Crippen LogP contribution in [0.5, 0.6) is 0 Å². The van der Waals surface area contributed by atoms with Gasteiger partial charge in [0.1, 0.15) is 11.5 Å². The van der Waals surface area contributed by atoms with Gasteiger partial charge in [0.25, 0.3) is 5.91 Å². The minimum absolute atomic E-state index is 0.126. The van der Waals surface area contributed by atoms with Crippen molar-refractivity contribution >= 4 is 5.91 Å². The topological polar surface area (TPSA) is 56.0 Å². The lowest BCUT2D eigenvalue weighted by Gasteiger charge is -2.03. The first-order chi connectivity index (χ1) is 7.68. The Morgan fingerprint density at radius 3 is 2.56 bits per heavy atom. The van der Waals surface area contributed by atoms with Crippen LogP contribution < -0.4 is 5.73 Å². The molecule has 2 N–H and O–H groups in total. The number of halogens is 1. The van der Waals surface area contributed by atoms with Gasteiger partial charge in [0.05, 0.1) is 5.69 Å². The zero-order chi connectivity index (χ0) is 11.5. The third-order valence-electron chi connectivity index (χ3n) is 2.15. The van der Waals surface area contributed by atoms with Crippen LogP contribution in [0.15, 0.2) is 42.5 Å². The highest BCUT2D eigenvalue weighted by Crippen LogP contribution is 2.20. The largest absolute Gasteiger partial charge is 0.364 e. The fourth-order valence-electron chi connectivity index (χ4n) is 1.39. The number of nitrogens with zero attached hydrogens (tertiary/aromatic N) is 1. The average molecular weight is 216 g/mol. The maximum Gasteiger partial charge on any atom is 0.267 e. The summed E-state index contributed by atoms with van der Waals surface area (Å²) in [5, 5.41) is 0. The predicted octanol–water partition coefficient (Wildman–Crippen LogP) is 1.99. The van der Waals surface area contributed by atoms with Crippen molar-refractivity contribution in [2.45, 2.75) is 0 Å². The number of carbonyl (C=O) groups excluding carboxylic acids is 1. The van der Waals surface area contributed by atoms with Crippen molar-refractivity contribution in [2.24, 2.45) is 5.73 Å². The Hall–Kier alpha value is -2.23. The highest BCUT2D eigenvalue weighted by atomic mass is 19.1. The second-order valence-corrected chi connectivity index (χ2v) is 3.25. The van der Waals surface area contributed by atoms with Gasteiger partial charge in [-0.1, -0.05) is 18.2 Å². The highest BCUT2D eigenvalue weighted by molar-refractivity contribution is 5.91. The van der Waals surface area contributed by atoms with Crippen molar-refractivity contribution in [1.82, 2.24) is 4.98 Å². The van der Waals surface area contributed by atoms with Gasteiger partial charge >= 0.3 is 0 Å². The van der Waals surface area contributed by atoms with E-state index in [0.717, 1.165) is 0 Å². The number of hydrogen-bond acceptors (Lipinski definition) is 2. The van der Waals surface area contributed by atoms with Gasteiger partial charge in [-0.05, 0) is 24.3 Å². The molecule has 1 aromatic carbocycles. The standard InChI is InChI=1S/C12H9FN2O/c13-9-5-2-1-4-8(9)10-6-3-7-11(15-10)12(14)16/h1-7H,(H2,14,16). The molecule has 16 heavy (non-hydrogen) atoms. The molecule has 0 unspecified atom stereocenters. The van der Waals surface area contributed by atoms with Crippen LogP contribution in [0.1, 0.15) is 10.5 Å². The molecule has 1 aromatic heterocycles. The normalized spacial score (nSPS) is 10.1. The summed E-state index contributed by atoms with van der Waals surface area (Å²) in [7, 11) is 0. The maximum atomic E-state index is 13.5. The van der Waals surface area contributed by atoms with Crippen molar-refractivity contribution in [1.29, 1.82) is 0 Å². The van der Waals surface area contributed by atoms with E-state index in [9.17, 15) is 9.18 Å². The first kappa shape index (κ1) is 10.3. The molecular formula is C12H9FN2O. The fourth-order valence-corrected chi connectivity index (χ4v) is 1.39. The highest BCUT2D eigenvalue weighted by Gasteiger charge is 2.08. The number of hydrogen-bond donors (Lipinski definition) is 1. The second-order valence-electron chi connectivity index (χ2n) is 3.25. The van der Waals surface area contributed by atoms with Gasteiger partial charge in [-0.2, -0.15) is 0 Å². The van der Waals surface area contributed by atoms with Gasteiger partial charge in [-0.3, -0.25) is 4.79 Å². The molecule has 4 heteroatoms. The molecule has 0 radical (unpaired) electrons. The number of nitrogens with two attached hydrogens (primary N) is 1. The molecule has 0 aliphatic rings. The minimum atomic E-state index is -0.627. The molecule has 0 bridgehead atoms. The van der Waals surface area contributed by atoms with Gasteiger partial charge in [0, 0.05) is 5.56 Å². The molecule has 2 rings (SSSR count). The second kappa shape index (κ2) is 4.10. The molecule has 2 aromatic rings. The molecule has 80 valence electrons. The monoisotopic (exact) mass is 216 g/mol. The summed E-state index contributed by atoms with van der Waals surface area (Å²) >= 11 is 0. The lowest BCUT2D eigenvalue weighted by Crippen LogP contribution is -2.13. The van der Waals surface area contributed by atoms with Crippen molar-refractivity contribution in [3.05, 3.63) is 54.0 Å². The van der Waals surface area contributed by atoms with Crippen LogP contribution in [0.4, 0.5) is 4.39 Å². The summed E-state index contributed by atoms with van der Waals surface area (Å²) < 4.78 is 13.5. The molecule has 0 aliphatic heterocycles. The Balaban J connectivity index is 2.53. The molecule has 0 saturated carbocycles. The molecule has 1 heterocycles. The summed E-state index contributed by atoms with van der Waals surface area (Å²) in [6.45, 7) is 0. The fraction of sp³-hybridized carbons (Fsp3) is 0. The predicted molar refractivity (Wildman–Crippen MR) is 58.1 cm³/mol. The quantitative estimate of drug-likeness (QED) is 0.834. The molecule has 1 amide bonds. The van der Waals surface area contributed by atoms with Crippen LogP contribution in [0.2, 0.25) is 0 Å². The summed E-state index contributed by atoms with van der Waals surface area (Å²) in [5.41, 5.74) is 5.98. The molecular weight excluding hydrogens is 207 g/mol. The van der Waals surface area contributed by atoms with E-state index in [0.29, 0.717) is 11.3 Å². The van der Waals surface area contributed by atoms with Crippen molar-refractivity contribution in [2.75, 3.05) is 0 Å². The SMILES string of the molecule is NC(=O)c1cccc(-c2ccccc2F)n1. The Labute approximate surface area is 91.7 Å². The number of pyridine rings is 1. The lowest BCUT2D eigenvalue weighted by molar-refractivity contribution is 0.0995. The van der Waals surface area contributed by atoms with E-state index in [2.05, 4.69) is 4.98 Å². The molecule has 0 fully saturated rings. The number of rotatable bonds is 2. The van der Waals surface area contributed by atoms with Crippen molar-refractivity contribution in [3.63, 3.8) is 0 Å². The van der Waals surface area contributed by atoms with E-state index in [1.807, 2.05) is 0 Å². The third-order valence-corrected chi connectivity index (χ3v) is 2.15. The van der Waals surface area contributed by atoms with E-state index < -0.39 is 5.91 Å². The van der Waals surface area contributed by atoms with Gasteiger partial charge in [0.15, 0.2) is 0 Å². The van der Waals surface area contributed by atoms with E-state index in [1.165, 1.54) is 12.1 Å². The number of amides is 1. The Morgan fingerprint density at radius 1 is 1.12 bits per heavy atom. The number of benzene rings is 1. The van der Waals surface area contributed by atoms with Crippen LogP contribution >= 0.6 is 0 Å². The van der Waals surface area contributed by atoms with Crippen LogP contribution in [0.25, 0.3) is 11.3 Å². The van der Waals surface area contributed by atoms with Gasteiger partial charge < -0.3 is 5.73 Å². The first-order valence-electron chi connectivity index (χ1n) is 4.70. The third kappa shape index (κ3) is 1.91. The molecule has 0 aliphatic carbocycles. The van der Waals surface area contributed by atoms with Gasteiger partial charge in [0.2, 0.25) is 0 Å². The molecule has 0 saturated heterocycles. The number of primary amides is 1. The van der Waals surface area contributed by atoms with Crippen molar-refractivity contribution in [3.8, 4) is 11.3 Å². The first-order valence-corrected chi connectivity index (χ1v) is 4.70. The Bertz CT molecular complexity index is 540. The maximum absolute atomic E-state index is 13.5. The zero-order valence-electron chi connectivity index (χ0n) is 8.35. The van der Waals surface area contributed by atoms with E-state index in [-0.39, 0.29) is 11.5 Å². The number of aromatic nitrogens is 1. The van der Waals surface area contributed by atoms with Crippen molar-refractivity contribution < 1.29 is 9.18 Å². The van der Waals surface area contributed by atoms with Crippen LogP contribution in [0, 0.1) is 5.82 Å². The van der Waals surface area contributed by atoms with Gasteiger partial charge in [-0.25, -0.2) is 9.37 Å². The van der Waals surface area contributed by atoms with E-state index in [4.69, 9.17) is 5.73 Å². The van der Waals surface area contributed by atoms with E-state index in [1.54, 1.807) is 30.3 Å². The summed E-state index contributed by atoms with van der Waals surface area (Å²) in [6.07, 6.45) is 0. The summed E-state index contributed by atoms with van der Waals surface area (Å²) in [6, 6.07) is 11.0. The zero-order valence-corrected chi connectivity index (χ0v) is 8.35. The number of carbonyl (C=O) groups is 1. The molecule has 3 nitrogen and oxygen atoms in total. The van der Waals surface area contributed by atoms with E-state index >= 15 is 0 Å². The van der Waals surface area contributed by atoms with Crippen LogP contribution in [-0.4, -0.2) is 10.9 Å². The Morgan fingerprint density at radius 2 is 1.88 bits per heavy atom. The summed E-state index contributed by atoms with van der Waals surface area (Å²) in [5.74, 6) is -1.00. The van der Waals surface area contributed by atoms with Crippen LogP contribution in [0.3, 0.4) is 0 Å². The van der Waals surface area contributed by atoms with Gasteiger partial charge in [-0.15, -0.1) is 0 Å². The van der Waals surface area contributed by atoms with Crippen LogP contribution in [-0.2, 0) is 0 Å². The average Bonchev–Trinajstić information content (AvgIpc) is 2.30. The molecule has 0 atom stereocenters. The minimum Gasteiger partial charge on any atom is -0.364 e.